The van der Waals surface area contributed by atoms with Crippen LogP contribution in [-0.4, -0.2) is 60.0 Å². The third-order valence-corrected chi connectivity index (χ3v) is 2.39. The highest BCUT2D eigenvalue weighted by Crippen LogP contribution is 2.17. The molecule has 5 heteroatoms. The highest BCUT2D eigenvalue weighted by Gasteiger charge is 2.35. The maximum absolute atomic E-state index is 11.2. The van der Waals surface area contributed by atoms with Crippen molar-refractivity contribution in [2.45, 2.75) is 24.7 Å². The van der Waals surface area contributed by atoms with E-state index in [2.05, 4.69) is 4.74 Å². The second kappa shape index (κ2) is 4.04. The van der Waals surface area contributed by atoms with E-state index in [-0.39, 0.29) is 12.4 Å². The van der Waals surface area contributed by atoms with Crippen molar-refractivity contribution in [2.75, 3.05) is 20.7 Å². The van der Waals surface area contributed by atoms with Gasteiger partial charge in [0.05, 0.1) is 19.3 Å². The molecule has 1 fully saturated rings. The van der Waals surface area contributed by atoms with E-state index < -0.39 is 18.2 Å². The van der Waals surface area contributed by atoms with Gasteiger partial charge in [0.25, 0.3) is 0 Å². The maximum Gasteiger partial charge on any atom is 0.323 e. The molecule has 2 N–H and O–H groups in total. The summed E-state index contributed by atoms with van der Waals surface area (Å²) < 4.78 is 4.57. The molecule has 0 radical (unpaired) electrons. The minimum Gasteiger partial charge on any atom is -0.468 e. The molecule has 76 valence electrons. The van der Waals surface area contributed by atoms with E-state index >= 15 is 0 Å². The van der Waals surface area contributed by atoms with Crippen LogP contribution in [0.25, 0.3) is 0 Å². The normalized spacial score (nSPS) is 35.8. The number of aliphatic hydroxyl groups excluding tert-OH is 2. The number of rotatable bonds is 1. The highest BCUT2D eigenvalue weighted by atomic mass is 16.5. The van der Waals surface area contributed by atoms with Gasteiger partial charge < -0.3 is 14.9 Å². The van der Waals surface area contributed by atoms with Crippen molar-refractivity contribution < 1.29 is 19.7 Å². The Morgan fingerprint density at radius 1 is 1.46 bits per heavy atom. The number of esters is 1. The largest absolute Gasteiger partial charge is 0.468 e. The summed E-state index contributed by atoms with van der Waals surface area (Å²) in [6.45, 7) is 0.293. The third-order valence-electron chi connectivity index (χ3n) is 2.39. The minimum absolute atomic E-state index is 0.227. The number of piperidine rings is 1. The number of nitrogens with zero attached hydrogens (tertiary/aromatic N) is 1. The van der Waals surface area contributed by atoms with Gasteiger partial charge in [0.15, 0.2) is 0 Å². The van der Waals surface area contributed by atoms with Gasteiger partial charge >= 0.3 is 5.97 Å². The summed E-state index contributed by atoms with van der Waals surface area (Å²) in [4.78, 5) is 12.9. The maximum atomic E-state index is 11.2. The predicted molar refractivity (Wildman–Crippen MR) is 45.1 cm³/mol. The van der Waals surface area contributed by atoms with E-state index in [4.69, 9.17) is 0 Å². The van der Waals surface area contributed by atoms with Crippen molar-refractivity contribution in [3.63, 3.8) is 0 Å². The van der Waals surface area contributed by atoms with E-state index in [9.17, 15) is 15.0 Å². The van der Waals surface area contributed by atoms with Crippen molar-refractivity contribution in [3.8, 4) is 0 Å². The molecule has 0 bridgehead atoms. The number of hydrogen-bond acceptors (Lipinski definition) is 5. The lowest BCUT2D eigenvalue weighted by atomic mass is 9.98. The number of β-amino-alcohol motifs (C(OH)–C–C–N with tert-alkyl or cyclic N) is 1. The van der Waals surface area contributed by atoms with E-state index in [0.717, 1.165) is 0 Å². The molecule has 3 atom stereocenters. The fourth-order valence-electron chi connectivity index (χ4n) is 1.52. The Labute approximate surface area is 76.9 Å². The summed E-state index contributed by atoms with van der Waals surface area (Å²) in [5.74, 6) is -0.367. The topological polar surface area (TPSA) is 70.0 Å². The van der Waals surface area contributed by atoms with Crippen molar-refractivity contribution in [1.82, 2.24) is 4.90 Å². The molecule has 0 aliphatic carbocycles. The molecule has 0 aromatic heterocycles. The highest BCUT2D eigenvalue weighted by molar-refractivity contribution is 5.75. The van der Waals surface area contributed by atoms with Crippen molar-refractivity contribution >= 4 is 5.97 Å². The number of aliphatic hydroxyl groups is 2. The summed E-state index contributed by atoms with van der Waals surface area (Å²) in [5.41, 5.74) is 0. The first-order chi connectivity index (χ1) is 6.06. The fraction of sp³-hybridized carbons (Fsp3) is 0.875. The zero-order valence-electron chi connectivity index (χ0n) is 7.80. The SMILES string of the molecule is COC(=O)C1CC(O)C(O)CN1C. The molecule has 0 aromatic carbocycles. The number of methoxy groups -OCH3 is 1. The molecule has 1 aliphatic rings. The zero-order chi connectivity index (χ0) is 10.0. The summed E-state index contributed by atoms with van der Waals surface area (Å²) in [6, 6.07) is -0.441. The van der Waals surface area contributed by atoms with E-state index in [0.29, 0.717) is 6.54 Å². The smallest absolute Gasteiger partial charge is 0.323 e. The lowest BCUT2D eigenvalue weighted by Gasteiger charge is -2.36. The summed E-state index contributed by atoms with van der Waals surface area (Å²) in [7, 11) is 3.03. The van der Waals surface area contributed by atoms with E-state index in [1.54, 1.807) is 11.9 Å². The van der Waals surface area contributed by atoms with Gasteiger partial charge in [-0.3, -0.25) is 9.69 Å². The van der Waals surface area contributed by atoms with Gasteiger partial charge in [-0.25, -0.2) is 0 Å². The molecule has 3 unspecified atom stereocenters. The first-order valence-electron chi connectivity index (χ1n) is 4.20. The molecule has 0 aromatic rings. The van der Waals surface area contributed by atoms with Gasteiger partial charge in [-0.1, -0.05) is 0 Å². The van der Waals surface area contributed by atoms with Gasteiger partial charge in [0.1, 0.15) is 6.04 Å². The van der Waals surface area contributed by atoms with Crippen LogP contribution in [0.2, 0.25) is 0 Å². The molecule has 1 heterocycles. The quantitative estimate of drug-likeness (QED) is 0.496. The van der Waals surface area contributed by atoms with Crippen LogP contribution in [-0.2, 0) is 9.53 Å². The summed E-state index contributed by atoms with van der Waals surface area (Å²) >= 11 is 0. The Morgan fingerprint density at radius 2 is 2.08 bits per heavy atom. The molecular formula is C8H15NO4. The predicted octanol–water partition coefficient (Wildman–Crippen LogP) is -1.41. The van der Waals surface area contributed by atoms with Crippen LogP contribution < -0.4 is 0 Å². The minimum atomic E-state index is -0.833. The Hall–Kier alpha value is -0.650. The van der Waals surface area contributed by atoms with Gasteiger partial charge in [-0.15, -0.1) is 0 Å². The second-order valence-electron chi connectivity index (χ2n) is 3.35. The van der Waals surface area contributed by atoms with Crippen LogP contribution in [0.4, 0.5) is 0 Å². The first kappa shape index (κ1) is 10.4. The average molecular weight is 189 g/mol. The molecular weight excluding hydrogens is 174 g/mol. The molecule has 0 spiro atoms. The molecule has 0 saturated carbocycles. The third kappa shape index (κ3) is 2.18. The average Bonchev–Trinajstić information content (AvgIpc) is 2.10. The Kier molecular flexibility index (Phi) is 3.24. The number of carbonyl (C=O) groups is 1. The number of ether oxygens (including phenoxy) is 1. The van der Waals surface area contributed by atoms with Gasteiger partial charge in [0, 0.05) is 13.0 Å². The van der Waals surface area contributed by atoms with E-state index in [1.807, 2.05) is 0 Å². The van der Waals surface area contributed by atoms with Gasteiger partial charge in [-0.05, 0) is 7.05 Å². The Balaban J connectivity index is 2.61. The van der Waals surface area contributed by atoms with Crippen LogP contribution in [0.15, 0.2) is 0 Å². The van der Waals surface area contributed by atoms with E-state index in [1.165, 1.54) is 7.11 Å². The molecule has 13 heavy (non-hydrogen) atoms. The monoisotopic (exact) mass is 189 g/mol. The van der Waals surface area contributed by atoms with Crippen LogP contribution >= 0.6 is 0 Å². The molecule has 1 rings (SSSR count). The summed E-state index contributed by atoms with van der Waals surface area (Å²) in [5, 5.41) is 18.6. The van der Waals surface area contributed by atoms with Crippen molar-refractivity contribution in [1.29, 1.82) is 0 Å². The first-order valence-corrected chi connectivity index (χ1v) is 4.20. The molecule has 1 saturated heterocycles. The van der Waals surface area contributed by atoms with Crippen LogP contribution in [0.1, 0.15) is 6.42 Å². The number of likely N-dealkylation sites (N-methyl/N-ethyl adjacent to an activating group) is 1. The number of likely N-dealkylation sites (tertiary alicyclic amines) is 1. The standard InChI is InChI=1S/C8H15NO4/c1-9-4-7(11)6(10)3-5(9)8(12)13-2/h5-7,10-11H,3-4H2,1-2H3. The number of hydrogen-bond donors (Lipinski definition) is 2. The molecule has 1 aliphatic heterocycles. The van der Waals surface area contributed by atoms with Gasteiger partial charge in [-0.2, -0.15) is 0 Å². The zero-order valence-corrected chi connectivity index (χ0v) is 7.80. The van der Waals surface area contributed by atoms with Crippen LogP contribution in [0.5, 0.6) is 0 Å². The lowest BCUT2D eigenvalue weighted by Crippen LogP contribution is -2.53. The fourth-order valence-corrected chi connectivity index (χ4v) is 1.52. The van der Waals surface area contributed by atoms with Crippen molar-refractivity contribution in [2.24, 2.45) is 0 Å². The van der Waals surface area contributed by atoms with Crippen molar-refractivity contribution in [3.05, 3.63) is 0 Å². The lowest BCUT2D eigenvalue weighted by molar-refractivity contribution is -0.153. The Morgan fingerprint density at radius 3 is 2.62 bits per heavy atom. The molecule has 0 amide bonds. The van der Waals surface area contributed by atoms with Crippen LogP contribution in [0, 0.1) is 0 Å². The van der Waals surface area contributed by atoms with Gasteiger partial charge in [0.2, 0.25) is 0 Å². The van der Waals surface area contributed by atoms with Crippen LogP contribution in [0.3, 0.4) is 0 Å². The molecule has 5 nitrogen and oxygen atoms in total. The Bertz CT molecular complexity index is 197. The number of carbonyl (C=O) groups excluding carboxylic acids is 1. The summed E-state index contributed by atoms with van der Waals surface area (Å²) in [6.07, 6.45) is -1.38. The second-order valence-corrected chi connectivity index (χ2v) is 3.35.